The average Bonchev–Trinajstić information content (AvgIpc) is 3.16. The molecule has 2 heterocycles. The van der Waals surface area contributed by atoms with E-state index in [1.165, 1.54) is 0 Å². The molecule has 1 aromatic rings. The third-order valence-corrected chi connectivity index (χ3v) is 4.39. The highest BCUT2D eigenvalue weighted by molar-refractivity contribution is 14.0. The second kappa shape index (κ2) is 10.4. The van der Waals surface area contributed by atoms with E-state index in [0.717, 1.165) is 49.1 Å². The topological polar surface area (TPSA) is 58.5 Å². The van der Waals surface area contributed by atoms with E-state index in [2.05, 4.69) is 20.6 Å². The van der Waals surface area contributed by atoms with Gasteiger partial charge in [-0.3, -0.25) is 4.99 Å². The summed E-state index contributed by atoms with van der Waals surface area (Å²) in [5.41, 5.74) is -0.823. The number of hydrogen-bond acceptors (Lipinski definition) is 4. The first-order valence-corrected chi connectivity index (χ1v) is 8.44. The van der Waals surface area contributed by atoms with Gasteiger partial charge in [0, 0.05) is 38.5 Å². The normalized spacial score (nSPS) is 18.3. The van der Waals surface area contributed by atoms with Crippen LogP contribution in [-0.4, -0.2) is 43.8 Å². The molecule has 0 bridgehead atoms. The van der Waals surface area contributed by atoms with Gasteiger partial charge in [-0.1, -0.05) is 0 Å². The SMILES string of the molecule is CN=C(NCCc1nc(C(F)(F)F)cs1)NCCC1CCCO1.I. The largest absolute Gasteiger partial charge is 0.434 e. The molecular formula is C14H22F3IN4OS. The lowest BCUT2D eigenvalue weighted by Crippen LogP contribution is -2.39. The summed E-state index contributed by atoms with van der Waals surface area (Å²) in [6.45, 7) is 2.07. The van der Waals surface area contributed by atoms with Crippen LogP contribution in [0.4, 0.5) is 13.2 Å². The van der Waals surface area contributed by atoms with Gasteiger partial charge in [-0.15, -0.1) is 35.3 Å². The zero-order valence-electron chi connectivity index (χ0n) is 13.4. The van der Waals surface area contributed by atoms with Crippen LogP contribution < -0.4 is 10.6 Å². The highest BCUT2D eigenvalue weighted by Gasteiger charge is 2.33. The summed E-state index contributed by atoms with van der Waals surface area (Å²) >= 11 is 1.02. The van der Waals surface area contributed by atoms with Gasteiger partial charge in [-0.05, 0) is 19.3 Å². The van der Waals surface area contributed by atoms with Crippen LogP contribution in [0.5, 0.6) is 0 Å². The summed E-state index contributed by atoms with van der Waals surface area (Å²) in [6, 6.07) is 0. The summed E-state index contributed by atoms with van der Waals surface area (Å²) in [5, 5.41) is 7.75. The number of aromatic nitrogens is 1. The molecule has 1 aliphatic heterocycles. The van der Waals surface area contributed by atoms with E-state index in [4.69, 9.17) is 4.74 Å². The number of rotatable bonds is 6. The molecule has 1 fully saturated rings. The molecule has 0 aromatic carbocycles. The van der Waals surface area contributed by atoms with Crippen LogP contribution in [0.1, 0.15) is 30.0 Å². The number of ether oxygens (including phenoxy) is 1. The Bertz CT molecular complexity index is 518. The summed E-state index contributed by atoms with van der Waals surface area (Å²) in [6.07, 6.45) is -0.501. The van der Waals surface area contributed by atoms with Crippen LogP contribution in [0.2, 0.25) is 0 Å². The Labute approximate surface area is 160 Å². The Morgan fingerprint density at radius 2 is 2.17 bits per heavy atom. The fraction of sp³-hybridized carbons (Fsp3) is 0.714. The first-order valence-electron chi connectivity index (χ1n) is 7.57. The van der Waals surface area contributed by atoms with Gasteiger partial charge in [0.15, 0.2) is 11.7 Å². The molecule has 0 amide bonds. The number of nitrogens with one attached hydrogen (secondary N) is 2. The fourth-order valence-electron chi connectivity index (χ4n) is 2.29. The van der Waals surface area contributed by atoms with E-state index in [-0.39, 0.29) is 24.0 Å². The molecule has 24 heavy (non-hydrogen) atoms. The van der Waals surface area contributed by atoms with Crippen molar-refractivity contribution in [3.05, 3.63) is 16.1 Å². The van der Waals surface area contributed by atoms with Crippen molar-refractivity contribution in [2.45, 2.75) is 38.0 Å². The van der Waals surface area contributed by atoms with E-state index in [1.807, 2.05) is 0 Å². The Hall–Kier alpha value is -0.620. The van der Waals surface area contributed by atoms with Gasteiger partial charge < -0.3 is 15.4 Å². The number of alkyl halides is 3. The highest BCUT2D eigenvalue weighted by atomic mass is 127. The second-order valence-electron chi connectivity index (χ2n) is 5.22. The average molecular weight is 478 g/mol. The minimum atomic E-state index is -4.37. The summed E-state index contributed by atoms with van der Waals surface area (Å²) in [5.74, 6) is 0.635. The highest BCUT2D eigenvalue weighted by Crippen LogP contribution is 2.29. The van der Waals surface area contributed by atoms with Crippen molar-refractivity contribution in [2.24, 2.45) is 4.99 Å². The maximum absolute atomic E-state index is 12.5. The van der Waals surface area contributed by atoms with Crippen LogP contribution in [0.25, 0.3) is 0 Å². The van der Waals surface area contributed by atoms with Crippen molar-refractivity contribution in [3.8, 4) is 0 Å². The molecule has 138 valence electrons. The number of aliphatic imine (C=N–C) groups is 1. The van der Waals surface area contributed by atoms with Gasteiger partial charge in [0.2, 0.25) is 0 Å². The molecule has 1 unspecified atom stereocenters. The lowest BCUT2D eigenvalue weighted by atomic mass is 10.2. The van der Waals surface area contributed by atoms with Gasteiger partial charge in [0.05, 0.1) is 11.1 Å². The van der Waals surface area contributed by atoms with E-state index >= 15 is 0 Å². The van der Waals surface area contributed by atoms with E-state index in [0.29, 0.717) is 30.0 Å². The van der Waals surface area contributed by atoms with Crippen molar-refractivity contribution in [2.75, 3.05) is 26.7 Å². The van der Waals surface area contributed by atoms with Crippen molar-refractivity contribution in [3.63, 3.8) is 0 Å². The van der Waals surface area contributed by atoms with Gasteiger partial charge in [0.1, 0.15) is 0 Å². The van der Waals surface area contributed by atoms with Gasteiger partial charge in [0.25, 0.3) is 0 Å². The monoisotopic (exact) mass is 478 g/mol. The van der Waals surface area contributed by atoms with Gasteiger partial charge >= 0.3 is 6.18 Å². The molecule has 1 aromatic heterocycles. The molecule has 0 radical (unpaired) electrons. The molecule has 5 nitrogen and oxygen atoms in total. The Kier molecular flexibility index (Phi) is 9.27. The van der Waals surface area contributed by atoms with E-state index < -0.39 is 11.9 Å². The lowest BCUT2D eigenvalue weighted by molar-refractivity contribution is -0.140. The maximum Gasteiger partial charge on any atom is 0.434 e. The first kappa shape index (κ1) is 21.4. The Morgan fingerprint density at radius 1 is 1.42 bits per heavy atom. The Balaban J connectivity index is 0.00000288. The molecule has 2 rings (SSSR count). The molecule has 1 aliphatic rings. The van der Waals surface area contributed by atoms with Crippen LogP contribution in [0, 0.1) is 0 Å². The van der Waals surface area contributed by atoms with Crippen molar-refractivity contribution < 1.29 is 17.9 Å². The van der Waals surface area contributed by atoms with Gasteiger partial charge in [-0.25, -0.2) is 4.98 Å². The fourth-order valence-corrected chi connectivity index (χ4v) is 3.09. The second-order valence-corrected chi connectivity index (χ2v) is 6.17. The molecule has 2 N–H and O–H groups in total. The maximum atomic E-state index is 12.5. The molecular weight excluding hydrogens is 456 g/mol. The summed E-state index contributed by atoms with van der Waals surface area (Å²) in [7, 11) is 1.66. The molecule has 0 aliphatic carbocycles. The molecule has 1 atom stereocenters. The quantitative estimate of drug-likeness (QED) is 0.375. The summed E-state index contributed by atoms with van der Waals surface area (Å²) < 4.78 is 42.9. The van der Waals surface area contributed by atoms with E-state index in [9.17, 15) is 13.2 Å². The number of nitrogens with zero attached hydrogens (tertiary/aromatic N) is 2. The standard InChI is InChI=1S/C14H21F3N4OS.HI/c1-18-13(19-6-4-10-3-2-8-22-10)20-7-5-12-21-11(9-23-12)14(15,16)17;/h9-10H,2-8H2,1H3,(H2,18,19,20);1H. The Morgan fingerprint density at radius 3 is 2.75 bits per heavy atom. The number of hydrogen-bond donors (Lipinski definition) is 2. The molecule has 0 spiro atoms. The lowest BCUT2D eigenvalue weighted by Gasteiger charge is -2.13. The summed E-state index contributed by atoms with van der Waals surface area (Å²) in [4.78, 5) is 7.68. The number of thiazole rings is 1. The first-order chi connectivity index (χ1) is 11.0. The molecule has 0 saturated carbocycles. The zero-order chi connectivity index (χ0) is 16.7. The minimum absolute atomic E-state index is 0. The number of guanidine groups is 1. The van der Waals surface area contributed by atoms with Crippen LogP contribution in [0.15, 0.2) is 10.4 Å². The van der Waals surface area contributed by atoms with Crippen LogP contribution in [0.3, 0.4) is 0 Å². The minimum Gasteiger partial charge on any atom is -0.378 e. The molecule has 10 heteroatoms. The third-order valence-electron chi connectivity index (χ3n) is 3.48. The molecule has 1 saturated heterocycles. The number of halogens is 4. The predicted molar refractivity (Wildman–Crippen MR) is 99.2 cm³/mol. The smallest absolute Gasteiger partial charge is 0.378 e. The predicted octanol–water partition coefficient (Wildman–Crippen LogP) is 3.06. The van der Waals surface area contributed by atoms with E-state index in [1.54, 1.807) is 7.05 Å². The van der Waals surface area contributed by atoms with Crippen molar-refractivity contribution in [1.29, 1.82) is 0 Å². The van der Waals surface area contributed by atoms with Crippen LogP contribution in [-0.2, 0) is 17.3 Å². The van der Waals surface area contributed by atoms with Crippen molar-refractivity contribution in [1.82, 2.24) is 15.6 Å². The van der Waals surface area contributed by atoms with Crippen LogP contribution >= 0.6 is 35.3 Å². The third kappa shape index (κ3) is 7.09. The zero-order valence-corrected chi connectivity index (χ0v) is 16.5. The van der Waals surface area contributed by atoms with Gasteiger partial charge in [-0.2, -0.15) is 13.2 Å². The van der Waals surface area contributed by atoms with Crippen molar-refractivity contribution >= 4 is 41.3 Å².